The van der Waals surface area contributed by atoms with Gasteiger partial charge in [0.25, 0.3) is 0 Å². The SMILES string of the molecule is O=C(O)C(O)C(O)c1cccc(-c2ccc(Cl)cc2)c1. The van der Waals surface area contributed by atoms with Gasteiger partial charge in [-0.15, -0.1) is 0 Å². The summed E-state index contributed by atoms with van der Waals surface area (Å²) in [5, 5.41) is 28.5. The maximum absolute atomic E-state index is 10.7. The Morgan fingerprint density at radius 2 is 1.65 bits per heavy atom. The predicted octanol–water partition coefficient (Wildman–Crippen LogP) is 2.49. The van der Waals surface area contributed by atoms with Gasteiger partial charge in [0.05, 0.1) is 0 Å². The molecule has 2 rings (SSSR count). The smallest absolute Gasteiger partial charge is 0.335 e. The summed E-state index contributed by atoms with van der Waals surface area (Å²) in [6.07, 6.45) is -3.32. The first-order valence-corrected chi connectivity index (χ1v) is 6.31. The average Bonchev–Trinajstić information content (AvgIpc) is 2.46. The van der Waals surface area contributed by atoms with Crippen LogP contribution in [0.25, 0.3) is 11.1 Å². The summed E-state index contributed by atoms with van der Waals surface area (Å²) in [6, 6.07) is 13.8. The highest BCUT2D eigenvalue weighted by atomic mass is 35.5. The Bertz CT molecular complexity index is 610. The number of carboxylic acid groups (broad SMARTS) is 1. The molecule has 2 atom stereocenters. The zero-order valence-corrected chi connectivity index (χ0v) is 11.2. The summed E-state index contributed by atoms with van der Waals surface area (Å²) in [5.74, 6) is -1.46. The molecule has 2 aromatic carbocycles. The van der Waals surface area contributed by atoms with Crippen LogP contribution in [0.3, 0.4) is 0 Å². The average molecular weight is 293 g/mol. The summed E-state index contributed by atoms with van der Waals surface area (Å²) in [6.45, 7) is 0. The van der Waals surface area contributed by atoms with Crippen LogP contribution in [0.5, 0.6) is 0 Å². The summed E-state index contributed by atoms with van der Waals surface area (Å²) in [4.78, 5) is 10.7. The van der Waals surface area contributed by atoms with Gasteiger partial charge < -0.3 is 15.3 Å². The third-order valence-electron chi connectivity index (χ3n) is 2.96. The minimum absolute atomic E-state index is 0.340. The predicted molar refractivity (Wildman–Crippen MR) is 75.5 cm³/mol. The van der Waals surface area contributed by atoms with Crippen molar-refractivity contribution in [1.29, 1.82) is 0 Å². The second kappa shape index (κ2) is 6.05. The number of aliphatic hydroxyl groups is 2. The number of hydrogen-bond donors (Lipinski definition) is 3. The van der Waals surface area contributed by atoms with Crippen LogP contribution in [0.4, 0.5) is 0 Å². The Morgan fingerprint density at radius 3 is 2.25 bits per heavy atom. The van der Waals surface area contributed by atoms with Crippen molar-refractivity contribution in [2.24, 2.45) is 0 Å². The van der Waals surface area contributed by atoms with Gasteiger partial charge in [-0.1, -0.05) is 41.9 Å². The van der Waals surface area contributed by atoms with Gasteiger partial charge in [0.1, 0.15) is 6.10 Å². The standard InChI is InChI=1S/C15H13ClO4/c16-12-6-4-9(5-7-12)10-2-1-3-11(8-10)13(17)14(18)15(19)20/h1-8,13-14,17-18H,(H,19,20). The number of halogens is 1. The van der Waals surface area contributed by atoms with Crippen LogP contribution in [0, 0.1) is 0 Å². The fourth-order valence-electron chi connectivity index (χ4n) is 1.86. The van der Waals surface area contributed by atoms with Crippen molar-refractivity contribution in [1.82, 2.24) is 0 Å². The molecule has 0 bridgehead atoms. The molecule has 0 amide bonds. The van der Waals surface area contributed by atoms with E-state index in [1.165, 1.54) is 0 Å². The van der Waals surface area contributed by atoms with E-state index in [0.717, 1.165) is 11.1 Å². The van der Waals surface area contributed by atoms with Crippen molar-refractivity contribution in [2.45, 2.75) is 12.2 Å². The number of carboxylic acids is 1. The zero-order valence-electron chi connectivity index (χ0n) is 10.4. The highest BCUT2D eigenvalue weighted by Crippen LogP contribution is 2.26. The zero-order chi connectivity index (χ0) is 14.7. The maximum atomic E-state index is 10.7. The minimum Gasteiger partial charge on any atom is -0.479 e. The molecule has 2 unspecified atom stereocenters. The molecule has 104 valence electrons. The second-order valence-corrected chi connectivity index (χ2v) is 4.80. The van der Waals surface area contributed by atoms with Crippen molar-refractivity contribution >= 4 is 17.6 Å². The third kappa shape index (κ3) is 3.17. The van der Waals surface area contributed by atoms with Crippen LogP contribution in [0.15, 0.2) is 48.5 Å². The van der Waals surface area contributed by atoms with E-state index in [9.17, 15) is 15.0 Å². The third-order valence-corrected chi connectivity index (χ3v) is 3.21. The van der Waals surface area contributed by atoms with E-state index in [2.05, 4.69) is 0 Å². The number of hydrogen-bond acceptors (Lipinski definition) is 3. The molecule has 0 saturated heterocycles. The second-order valence-electron chi connectivity index (χ2n) is 4.36. The molecule has 0 fully saturated rings. The van der Waals surface area contributed by atoms with Gasteiger partial charge in [-0.2, -0.15) is 0 Å². The minimum atomic E-state index is -1.85. The van der Waals surface area contributed by atoms with Gasteiger partial charge in [0, 0.05) is 5.02 Å². The van der Waals surface area contributed by atoms with Crippen molar-refractivity contribution in [3.8, 4) is 11.1 Å². The monoisotopic (exact) mass is 292 g/mol. The Kier molecular flexibility index (Phi) is 4.39. The van der Waals surface area contributed by atoms with Crippen LogP contribution >= 0.6 is 11.6 Å². The van der Waals surface area contributed by atoms with Gasteiger partial charge in [-0.05, 0) is 34.9 Å². The first-order chi connectivity index (χ1) is 9.49. The van der Waals surface area contributed by atoms with Crippen molar-refractivity contribution in [3.05, 3.63) is 59.1 Å². The van der Waals surface area contributed by atoms with Crippen molar-refractivity contribution in [3.63, 3.8) is 0 Å². The Hall–Kier alpha value is -1.88. The normalized spacial score (nSPS) is 13.8. The molecular formula is C15H13ClO4. The lowest BCUT2D eigenvalue weighted by molar-refractivity contribution is -0.153. The fourth-order valence-corrected chi connectivity index (χ4v) is 1.99. The molecule has 0 aliphatic heterocycles. The first kappa shape index (κ1) is 14.5. The lowest BCUT2D eigenvalue weighted by Gasteiger charge is -2.15. The molecule has 5 heteroatoms. The van der Waals surface area contributed by atoms with Crippen LogP contribution in [0.2, 0.25) is 5.02 Å². The van der Waals surface area contributed by atoms with E-state index < -0.39 is 18.2 Å². The Morgan fingerprint density at radius 1 is 1.00 bits per heavy atom. The summed E-state index contributed by atoms with van der Waals surface area (Å²) in [5.41, 5.74) is 2.02. The quantitative estimate of drug-likeness (QED) is 0.809. The van der Waals surface area contributed by atoms with Crippen LogP contribution in [-0.2, 0) is 4.79 Å². The number of aliphatic carboxylic acids is 1. The molecule has 0 radical (unpaired) electrons. The van der Waals surface area contributed by atoms with Gasteiger partial charge in [0.15, 0.2) is 6.10 Å². The van der Waals surface area contributed by atoms with Crippen molar-refractivity contribution < 1.29 is 20.1 Å². The van der Waals surface area contributed by atoms with E-state index in [1.54, 1.807) is 30.3 Å². The molecule has 0 aromatic heterocycles. The Labute approximate surface area is 120 Å². The number of benzene rings is 2. The van der Waals surface area contributed by atoms with Gasteiger partial charge in [0.2, 0.25) is 0 Å². The number of carbonyl (C=O) groups is 1. The summed E-state index contributed by atoms with van der Waals surface area (Å²) < 4.78 is 0. The van der Waals surface area contributed by atoms with E-state index >= 15 is 0 Å². The molecule has 0 saturated carbocycles. The molecule has 0 spiro atoms. The van der Waals surface area contributed by atoms with Crippen molar-refractivity contribution in [2.75, 3.05) is 0 Å². The summed E-state index contributed by atoms with van der Waals surface area (Å²) >= 11 is 5.82. The largest absolute Gasteiger partial charge is 0.479 e. The molecule has 3 N–H and O–H groups in total. The fraction of sp³-hybridized carbons (Fsp3) is 0.133. The van der Waals surface area contributed by atoms with Gasteiger partial charge in [-0.25, -0.2) is 4.79 Å². The van der Waals surface area contributed by atoms with Crippen LogP contribution in [-0.4, -0.2) is 27.4 Å². The number of rotatable bonds is 4. The molecule has 0 aliphatic carbocycles. The van der Waals surface area contributed by atoms with Crippen LogP contribution in [0.1, 0.15) is 11.7 Å². The Balaban J connectivity index is 2.32. The topological polar surface area (TPSA) is 77.8 Å². The van der Waals surface area contributed by atoms with E-state index in [0.29, 0.717) is 10.6 Å². The molecule has 4 nitrogen and oxygen atoms in total. The van der Waals surface area contributed by atoms with E-state index in [-0.39, 0.29) is 0 Å². The van der Waals surface area contributed by atoms with E-state index in [1.807, 2.05) is 18.2 Å². The summed E-state index contributed by atoms with van der Waals surface area (Å²) in [7, 11) is 0. The molecule has 2 aromatic rings. The maximum Gasteiger partial charge on any atom is 0.335 e. The molecule has 0 heterocycles. The molecule has 20 heavy (non-hydrogen) atoms. The molecule has 0 aliphatic rings. The highest BCUT2D eigenvalue weighted by Gasteiger charge is 2.25. The lowest BCUT2D eigenvalue weighted by atomic mass is 9.98. The van der Waals surface area contributed by atoms with E-state index in [4.69, 9.17) is 16.7 Å². The lowest BCUT2D eigenvalue weighted by Crippen LogP contribution is -2.27. The molecular weight excluding hydrogens is 280 g/mol. The number of aliphatic hydroxyl groups excluding tert-OH is 2. The highest BCUT2D eigenvalue weighted by molar-refractivity contribution is 6.30. The van der Waals surface area contributed by atoms with Gasteiger partial charge >= 0.3 is 5.97 Å². The van der Waals surface area contributed by atoms with Gasteiger partial charge in [-0.3, -0.25) is 0 Å². The first-order valence-electron chi connectivity index (χ1n) is 5.94. The van der Waals surface area contributed by atoms with Crippen LogP contribution < -0.4 is 0 Å².